The minimum Gasteiger partial charge on any atom is -0.465 e. The van der Waals surface area contributed by atoms with E-state index in [4.69, 9.17) is 6.42 Å². The van der Waals surface area contributed by atoms with E-state index in [2.05, 4.69) is 21.0 Å². The van der Waals surface area contributed by atoms with Crippen molar-refractivity contribution in [3.8, 4) is 12.3 Å². The van der Waals surface area contributed by atoms with Crippen LogP contribution in [0.15, 0.2) is 12.1 Å². The average Bonchev–Trinajstić information content (AvgIpc) is 2.28. The van der Waals surface area contributed by atoms with Crippen LogP contribution in [0.4, 0.5) is 5.82 Å². The van der Waals surface area contributed by atoms with Crippen LogP contribution in [0.1, 0.15) is 23.0 Å². The third-order valence-corrected chi connectivity index (χ3v) is 2.11. The van der Waals surface area contributed by atoms with E-state index in [0.29, 0.717) is 17.1 Å². The highest BCUT2D eigenvalue weighted by Crippen LogP contribution is 2.12. The lowest BCUT2D eigenvalue weighted by Gasteiger charge is -2.10. The molecule has 4 nitrogen and oxygen atoms in total. The molecule has 1 N–H and O–H groups in total. The fraction of sp³-hybridized carbons (Fsp3) is 0.333. The van der Waals surface area contributed by atoms with Crippen LogP contribution in [0.3, 0.4) is 0 Å². The first-order valence-corrected chi connectivity index (χ1v) is 4.87. The topological polar surface area (TPSA) is 51.2 Å². The summed E-state index contributed by atoms with van der Waals surface area (Å²) in [5, 5.41) is 3.02. The normalized spacial score (nSPS) is 11.4. The van der Waals surface area contributed by atoms with Crippen molar-refractivity contribution in [1.82, 2.24) is 4.98 Å². The standard InChI is InChI=1S/C12H14N2O2/c1-5-8(2)13-11-7-6-10(9(3)14-11)12(15)16-4/h1,6-8H,2-4H3,(H,13,14). The summed E-state index contributed by atoms with van der Waals surface area (Å²) in [7, 11) is 1.34. The van der Waals surface area contributed by atoms with E-state index >= 15 is 0 Å². The first-order valence-electron chi connectivity index (χ1n) is 4.87. The summed E-state index contributed by atoms with van der Waals surface area (Å²) in [4.78, 5) is 15.5. The molecular weight excluding hydrogens is 204 g/mol. The zero-order valence-corrected chi connectivity index (χ0v) is 9.57. The highest BCUT2D eigenvalue weighted by Gasteiger charge is 2.10. The fourth-order valence-corrected chi connectivity index (χ4v) is 1.23. The number of carbonyl (C=O) groups excluding carboxylic acids is 1. The zero-order chi connectivity index (χ0) is 12.1. The van der Waals surface area contributed by atoms with Gasteiger partial charge in [0.15, 0.2) is 0 Å². The Morgan fingerprint density at radius 1 is 1.62 bits per heavy atom. The quantitative estimate of drug-likeness (QED) is 0.618. The molecule has 1 heterocycles. The van der Waals surface area contributed by atoms with E-state index in [9.17, 15) is 4.79 Å². The van der Waals surface area contributed by atoms with Crippen molar-refractivity contribution in [1.29, 1.82) is 0 Å². The first-order chi connectivity index (χ1) is 7.58. The van der Waals surface area contributed by atoms with Crippen molar-refractivity contribution in [3.05, 3.63) is 23.4 Å². The summed E-state index contributed by atoms with van der Waals surface area (Å²) >= 11 is 0. The highest BCUT2D eigenvalue weighted by molar-refractivity contribution is 5.90. The second-order valence-corrected chi connectivity index (χ2v) is 3.35. The van der Waals surface area contributed by atoms with Crippen molar-refractivity contribution in [2.45, 2.75) is 19.9 Å². The molecule has 16 heavy (non-hydrogen) atoms. The molecule has 0 radical (unpaired) electrons. The summed E-state index contributed by atoms with van der Waals surface area (Å²) in [6, 6.07) is 3.27. The van der Waals surface area contributed by atoms with Gasteiger partial charge in [0.25, 0.3) is 0 Å². The van der Waals surface area contributed by atoms with Crippen molar-refractivity contribution in [2.24, 2.45) is 0 Å². The predicted molar refractivity (Wildman–Crippen MR) is 62.2 cm³/mol. The molecule has 0 saturated heterocycles. The van der Waals surface area contributed by atoms with Gasteiger partial charge in [-0.15, -0.1) is 6.42 Å². The highest BCUT2D eigenvalue weighted by atomic mass is 16.5. The van der Waals surface area contributed by atoms with E-state index in [1.54, 1.807) is 19.1 Å². The van der Waals surface area contributed by atoms with Crippen molar-refractivity contribution < 1.29 is 9.53 Å². The van der Waals surface area contributed by atoms with Gasteiger partial charge in [-0.25, -0.2) is 9.78 Å². The number of nitrogens with zero attached hydrogens (tertiary/aromatic N) is 1. The van der Waals surface area contributed by atoms with Gasteiger partial charge < -0.3 is 10.1 Å². The molecule has 0 saturated carbocycles. The summed E-state index contributed by atoms with van der Waals surface area (Å²) in [6.07, 6.45) is 5.24. The van der Waals surface area contributed by atoms with Gasteiger partial charge in [-0.1, -0.05) is 5.92 Å². The van der Waals surface area contributed by atoms with Crippen LogP contribution in [0.5, 0.6) is 0 Å². The number of hydrogen-bond donors (Lipinski definition) is 1. The Morgan fingerprint density at radius 2 is 2.31 bits per heavy atom. The van der Waals surface area contributed by atoms with Gasteiger partial charge >= 0.3 is 5.97 Å². The van der Waals surface area contributed by atoms with Crippen molar-refractivity contribution in [2.75, 3.05) is 12.4 Å². The number of esters is 1. The Bertz CT molecular complexity index is 435. The Kier molecular flexibility index (Phi) is 3.90. The molecule has 1 atom stereocenters. The molecular formula is C12H14N2O2. The number of aryl methyl sites for hydroxylation is 1. The van der Waals surface area contributed by atoms with Gasteiger partial charge in [0.05, 0.1) is 24.4 Å². The number of nitrogens with one attached hydrogen (secondary N) is 1. The molecule has 84 valence electrons. The van der Waals surface area contributed by atoms with E-state index < -0.39 is 0 Å². The summed E-state index contributed by atoms with van der Waals surface area (Å²) < 4.78 is 4.63. The Balaban J connectivity index is 2.92. The molecule has 0 spiro atoms. The third kappa shape index (κ3) is 2.74. The zero-order valence-electron chi connectivity index (χ0n) is 9.57. The molecule has 0 aliphatic carbocycles. The van der Waals surface area contributed by atoms with Crippen LogP contribution in [-0.2, 0) is 4.74 Å². The summed E-state index contributed by atoms with van der Waals surface area (Å²) in [5.74, 6) is 2.80. The number of carbonyl (C=O) groups is 1. The van der Waals surface area contributed by atoms with E-state index in [1.165, 1.54) is 7.11 Å². The minimum atomic E-state index is -0.387. The molecule has 0 aliphatic heterocycles. The van der Waals surface area contributed by atoms with Crippen molar-refractivity contribution in [3.63, 3.8) is 0 Å². The van der Waals surface area contributed by atoms with Crippen LogP contribution in [-0.4, -0.2) is 24.1 Å². The molecule has 1 unspecified atom stereocenters. The second-order valence-electron chi connectivity index (χ2n) is 3.35. The molecule has 0 aromatic carbocycles. The molecule has 4 heteroatoms. The van der Waals surface area contributed by atoms with Crippen LogP contribution in [0.25, 0.3) is 0 Å². The van der Waals surface area contributed by atoms with Gasteiger partial charge in [0.1, 0.15) is 5.82 Å². The number of hydrogen-bond acceptors (Lipinski definition) is 4. The maximum atomic E-state index is 11.3. The van der Waals surface area contributed by atoms with E-state index in [1.807, 2.05) is 6.92 Å². The number of ether oxygens (including phenoxy) is 1. The smallest absolute Gasteiger partial charge is 0.339 e. The number of anilines is 1. The maximum absolute atomic E-state index is 11.3. The maximum Gasteiger partial charge on any atom is 0.339 e. The van der Waals surface area contributed by atoms with Crippen LogP contribution < -0.4 is 5.32 Å². The largest absolute Gasteiger partial charge is 0.465 e. The third-order valence-electron chi connectivity index (χ3n) is 2.11. The van der Waals surface area contributed by atoms with Crippen LogP contribution in [0, 0.1) is 19.3 Å². The monoisotopic (exact) mass is 218 g/mol. The van der Waals surface area contributed by atoms with E-state index in [-0.39, 0.29) is 12.0 Å². The Hall–Kier alpha value is -2.02. The lowest BCUT2D eigenvalue weighted by atomic mass is 10.2. The lowest BCUT2D eigenvalue weighted by Crippen LogP contribution is -2.14. The number of methoxy groups -OCH3 is 1. The molecule has 0 fully saturated rings. The molecule has 1 rings (SSSR count). The number of terminal acetylenes is 1. The number of rotatable bonds is 3. The lowest BCUT2D eigenvalue weighted by molar-refractivity contribution is 0.0599. The Labute approximate surface area is 95.0 Å². The van der Waals surface area contributed by atoms with Gasteiger partial charge in [-0.2, -0.15) is 0 Å². The molecule has 0 aliphatic rings. The average molecular weight is 218 g/mol. The molecule has 1 aromatic heterocycles. The van der Waals surface area contributed by atoms with Gasteiger partial charge in [0, 0.05) is 0 Å². The predicted octanol–water partition coefficient (Wildman–Crippen LogP) is 1.61. The first kappa shape index (κ1) is 12.1. The van der Waals surface area contributed by atoms with E-state index in [0.717, 1.165) is 0 Å². The van der Waals surface area contributed by atoms with Crippen molar-refractivity contribution >= 4 is 11.8 Å². The summed E-state index contributed by atoms with van der Waals surface area (Å²) in [6.45, 7) is 3.60. The van der Waals surface area contributed by atoms with Crippen LogP contribution >= 0.6 is 0 Å². The Morgan fingerprint density at radius 3 is 2.81 bits per heavy atom. The fourth-order valence-electron chi connectivity index (χ4n) is 1.23. The van der Waals surface area contributed by atoms with Crippen LogP contribution in [0.2, 0.25) is 0 Å². The summed E-state index contributed by atoms with van der Waals surface area (Å²) in [5.41, 5.74) is 1.07. The SMILES string of the molecule is C#CC(C)Nc1ccc(C(=O)OC)c(C)n1. The molecule has 0 bridgehead atoms. The van der Waals surface area contributed by atoms with Gasteiger partial charge in [-0.3, -0.25) is 0 Å². The second kappa shape index (κ2) is 5.17. The van der Waals surface area contributed by atoms with Gasteiger partial charge in [-0.05, 0) is 26.0 Å². The minimum absolute atomic E-state index is 0.101. The van der Waals surface area contributed by atoms with Gasteiger partial charge in [0.2, 0.25) is 0 Å². The number of aromatic nitrogens is 1. The molecule has 1 aromatic rings. The molecule has 0 amide bonds. The number of pyridine rings is 1.